The molecule has 2 aromatic carbocycles. The number of hydrogen-bond donors (Lipinski definition) is 1. The largest absolute Gasteiger partial charge is 0.573 e. The molecule has 0 radical (unpaired) electrons. The number of methoxy groups -OCH3 is 1. The van der Waals surface area contributed by atoms with Gasteiger partial charge in [-0.05, 0) is 42.0 Å². The van der Waals surface area contributed by atoms with E-state index in [2.05, 4.69) is 19.6 Å². The maximum Gasteiger partial charge on any atom is 0.573 e. The highest BCUT2D eigenvalue weighted by Gasteiger charge is 2.31. The molecule has 0 amide bonds. The third-order valence-corrected chi connectivity index (χ3v) is 4.93. The van der Waals surface area contributed by atoms with Crippen LogP contribution < -0.4 is 14.8 Å². The number of imidazole rings is 1. The summed E-state index contributed by atoms with van der Waals surface area (Å²) in [5.74, 6) is 1.42. The van der Waals surface area contributed by atoms with Gasteiger partial charge >= 0.3 is 6.36 Å². The highest BCUT2D eigenvalue weighted by molar-refractivity contribution is 5.59. The molecular formula is C22H22F3N3O3. The fourth-order valence-electron chi connectivity index (χ4n) is 3.45. The van der Waals surface area contributed by atoms with Crippen LogP contribution in [0.1, 0.15) is 11.4 Å². The molecule has 1 N–H and O–H groups in total. The van der Waals surface area contributed by atoms with Gasteiger partial charge in [-0.3, -0.25) is 0 Å². The lowest BCUT2D eigenvalue weighted by Gasteiger charge is -2.24. The van der Waals surface area contributed by atoms with E-state index in [1.54, 1.807) is 13.2 Å². The fourth-order valence-corrected chi connectivity index (χ4v) is 3.45. The monoisotopic (exact) mass is 433 g/mol. The molecule has 164 valence electrons. The van der Waals surface area contributed by atoms with Crippen molar-refractivity contribution in [3.63, 3.8) is 0 Å². The second-order valence-corrected chi connectivity index (χ2v) is 7.18. The standard InChI is InChI=1S/C22H22F3N3O3/c1-29-17-7-5-16(6-8-17)20-13-28-12-19(30-14-21(28)27-20)11-26-10-15-3-2-4-18(9-15)31-22(23,24)25/h2-9,13,19,26H,10-12,14H2,1H3. The Morgan fingerprint density at radius 1 is 1.16 bits per heavy atom. The first kappa shape index (κ1) is 21.2. The number of benzene rings is 2. The maximum atomic E-state index is 12.4. The van der Waals surface area contributed by atoms with Gasteiger partial charge in [0.1, 0.15) is 23.9 Å². The van der Waals surface area contributed by atoms with E-state index >= 15 is 0 Å². The third kappa shape index (κ3) is 5.56. The molecule has 0 spiro atoms. The SMILES string of the molecule is COc1ccc(-c2cn3c(n2)COC(CNCc2cccc(OC(F)(F)F)c2)C3)cc1. The van der Waals surface area contributed by atoms with E-state index in [0.29, 0.717) is 31.8 Å². The molecule has 0 saturated carbocycles. The Morgan fingerprint density at radius 3 is 2.71 bits per heavy atom. The van der Waals surface area contributed by atoms with E-state index in [9.17, 15) is 13.2 Å². The van der Waals surface area contributed by atoms with Crippen LogP contribution >= 0.6 is 0 Å². The van der Waals surface area contributed by atoms with Crippen molar-refractivity contribution < 1.29 is 27.4 Å². The zero-order chi connectivity index (χ0) is 21.8. The zero-order valence-corrected chi connectivity index (χ0v) is 16.9. The van der Waals surface area contributed by atoms with Crippen molar-refractivity contribution in [3.05, 3.63) is 66.1 Å². The van der Waals surface area contributed by atoms with Crippen LogP contribution in [0.3, 0.4) is 0 Å². The predicted molar refractivity (Wildman–Crippen MR) is 108 cm³/mol. The van der Waals surface area contributed by atoms with Crippen molar-refractivity contribution in [3.8, 4) is 22.8 Å². The minimum absolute atomic E-state index is 0.0694. The van der Waals surface area contributed by atoms with Gasteiger partial charge < -0.3 is 24.1 Å². The summed E-state index contributed by atoms with van der Waals surface area (Å²) in [5.41, 5.74) is 2.57. The lowest BCUT2D eigenvalue weighted by atomic mass is 10.1. The molecule has 1 atom stereocenters. The molecule has 1 aromatic heterocycles. The number of fused-ring (bicyclic) bond motifs is 1. The second-order valence-electron chi connectivity index (χ2n) is 7.18. The number of alkyl halides is 3. The molecule has 0 aliphatic carbocycles. The Morgan fingerprint density at radius 2 is 1.97 bits per heavy atom. The molecular weight excluding hydrogens is 411 g/mol. The Kier molecular flexibility index (Phi) is 6.15. The van der Waals surface area contributed by atoms with Gasteiger partial charge in [0.05, 0.1) is 25.5 Å². The number of aromatic nitrogens is 2. The summed E-state index contributed by atoms with van der Waals surface area (Å²) in [4.78, 5) is 4.65. The number of hydrogen-bond acceptors (Lipinski definition) is 5. The highest BCUT2D eigenvalue weighted by atomic mass is 19.4. The molecule has 1 aliphatic heterocycles. The van der Waals surface area contributed by atoms with Crippen LogP contribution in [0.15, 0.2) is 54.7 Å². The Balaban J connectivity index is 1.31. The third-order valence-electron chi connectivity index (χ3n) is 4.93. The molecule has 9 heteroatoms. The van der Waals surface area contributed by atoms with E-state index in [1.165, 1.54) is 18.2 Å². The molecule has 0 bridgehead atoms. The van der Waals surface area contributed by atoms with Gasteiger partial charge in [0, 0.05) is 24.8 Å². The molecule has 31 heavy (non-hydrogen) atoms. The van der Waals surface area contributed by atoms with Crippen molar-refractivity contribution in [2.24, 2.45) is 0 Å². The molecule has 0 saturated heterocycles. The molecule has 4 rings (SSSR count). The number of nitrogens with zero attached hydrogens (tertiary/aromatic N) is 2. The summed E-state index contributed by atoms with van der Waals surface area (Å²) in [5, 5.41) is 3.23. The molecule has 2 heterocycles. The van der Waals surface area contributed by atoms with Gasteiger partial charge in [-0.2, -0.15) is 0 Å². The smallest absolute Gasteiger partial charge is 0.497 e. The van der Waals surface area contributed by atoms with Crippen LogP contribution in [0.5, 0.6) is 11.5 Å². The number of ether oxygens (including phenoxy) is 3. The highest BCUT2D eigenvalue weighted by Crippen LogP contribution is 2.25. The van der Waals surface area contributed by atoms with E-state index in [0.717, 1.165) is 22.8 Å². The van der Waals surface area contributed by atoms with Gasteiger partial charge in [-0.25, -0.2) is 4.98 Å². The van der Waals surface area contributed by atoms with Gasteiger partial charge in [-0.1, -0.05) is 12.1 Å². The number of rotatable bonds is 7. The van der Waals surface area contributed by atoms with Crippen LogP contribution in [0, 0.1) is 0 Å². The van der Waals surface area contributed by atoms with Gasteiger partial charge in [-0.15, -0.1) is 13.2 Å². The van der Waals surface area contributed by atoms with Crippen LogP contribution in [0.2, 0.25) is 0 Å². The second kappa shape index (κ2) is 8.99. The van der Waals surface area contributed by atoms with Crippen molar-refractivity contribution in [1.82, 2.24) is 14.9 Å². The first-order valence-corrected chi connectivity index (χ1v) is 9.77. The van der Waals surface area contributed by atoms with Crippen LogP contribution in [-0.2, 0) is 24.4 Å². The van der Waals surface area contributed by atoms with E-state index in [4.69, 9.17) is 9.47 Å². The lowest BCUT2D eigenvalue weighted by molar-refractivity contribution is -0.274. The number of halogens is 3. The summed E-state index contributed by atoms with van der Waals surface area (Å²) >= 11 is 0. The molecule has 6 nitrogen and oxygen atoms in total. The van der Waals surface area contributed by atoms with Crippen LogP contribution in [-0.4, -0.2) is 35.7 Å². The minimum atomic E-state index is -4.70. The van der Waals surface area contributed by atoms with Crippen molar-refractivity contribution in [1.29, 1.82) is 0 Å². The number of nitrogens with one attached hydrogen (secondary N) is 1. The first-order valence-electron chi connectivity index (χ1n) is 9.77. The van der Waals surface area contributed by atoms with Crippen molar-refractivity contribution in [2.45, 2.75) is 32.2 Å². The predicted octanol–water partition coefficient (Wildman–Crippen LogP) is 4.15. The van der Waals surface area contributed by atoms with E-state index < -0.39 is 6.36 Å². The Labute approximate surface area is 177 Å². The Hall–Kier alpha value is -3.04. The maximum absolute atomic E-state index is 12.4. The summed E-state index contributed by atoms with van der Waals surface area (Å²) in [6.07, 6.45) is -2.76. The summed E-state index contributed by atoms with van der Waals surface area (Å²) in [6, 6.07) is 13.6. The van der Waals surface area contributed by atoms with Gasteiger partial charge in [0.2, 0.25) is 0 Å². The fraction of sp³-hybridized carbons (Fsp3) is 0.318. The molecule has 3 aromatic rings. The van der Waals surface area contributed by atoms with Crippen molar-refractivity contribution in [2.75, 3.05) is 13.7 Å². The molecule has 1 aliphatic rings. The van der Waals surface area contributed by atoms with Crippen LogP contribution in [0.25, 0.3) is 11.3 Å². The molecule has 0 fully saturated rings. The Bertz CT molecular complexity index is 1020. The van der Waals surface area contributed by atoms with E-state index in [1.807, 2.05) is 30.5 Å². The zero-order valence-electron chi connectivity index (χ0n) is 16.9. The summed E-state index contributed by atoms with van der Waals surface area (Å²) in [6.45, 7) is 2.00. The first-order chi connectivity index (χ1) is 14.9. The van der Waals surface area contributed by atoms with Gasteiger partial charge in [0.15, 0.2) is 0 Å². The van der Waals surface area contributed by atoms with Crippen LogP contribution in [0.4, 0.5) is 13.2 Å². The molecule has 1 unspecified atom stereocenters. The van der Waals surface area contributed by atoms with E-state index in [-0.39, 0.29) is 11.9 Å². The van der Waals surface area contributed by atoms with Crippen molar-refractivity contribution >= 4 is 0 Å². The summed E-state index contributed by atoms with van der Waals surface area (Å²) in [7, 11) is 1.63. The topological polar surface area (TPSA) is 57.5 Å². The average Bonchev–Trinajstić information content (AvgIpc) is 3.16. The minimum Gasteiger partial charge on any atom is -0.497 e. The lowest BCUT2D eigenvalue weighted by Crippen LogP contribution is -2.35. The van der Waals surface area contributed by atoms with Gasteiger partial charge in [0.25, 0.3) is 0 Å². The average molecular weight is 433 g/mol. The summed E-state index contributed by atoms with van der Waals surface area (Å²) < 4.78 is 54.2. The quantitative estimate of drug-likeness (QED) is 0.607. The normalized spacial score (nSPS) is 16.1.